The number of alkyl halides is 2. The summed E-state index contributed by atoms with van der Waals surface area (Å²) in [7, 11) is 1.35. The quantitative estimate of drug-likeness (QED) is 0.615. The first-order valence-corrected chi connectivity index (χ1v) is 8.97. The minimum Gasteiger partial charge on any atom is -0.493 e. The molecule has 1 amide bonds. The highest BCUT2D eigenvalue weighted by Gasteiger charge is 2.16. The molecular formula is C20H18ClF2N3O3. The van der Waals surface area contributed by atoms with Crippen molar-refractivity contribution in [1.29, 1.82) is 0 Å². The van der Waals surface area contributed by atoms with E-state index in [0.29, 0.717) is 21.8 Å². The fraction of sp³-hybridized carbons (Fsp3) is 0.200. The topological polar surface area (TPSA) is 65.4 Å². The minimum atomic E-state index is -2.95. The molecule has 0 saturated heterocycles. The van der Waals surface area contributed by atoms with Gasteiger partial charge in [-0.05, 0) is 48.9 Å². The number of aromatic nitrogens is 2. The van der Waals surface area contributed by atoms with Gasteiger partial charge in [0.15, 0.2) is 11.5 Å². The first kappa shape index (κ1) is 20.6. The average molecular weight is 422 g/mol. The highest BCUT2D eigenvalue weighted by Crippen LogP contribution is 2.29. The van der Waals surface area contributed by atoms with E-state index in [-0.39, 0.29) is 24.0 Å². The molecule has 0 radical (unpaired) electrons. The average Bonchev–Trinajstić information content (AvgIpc) is 3.08. The molecule has 0 atom stereocenters. The first-order chi connectivity index (χ1) is 13.9. The zero-order chi connectivity index (χ0) is 21.0. The smallest absolute Gasteiger partial charge is 0.387 e. The number of halogens is 3. The van der Waals surface area contributed by atoms with Gasteiger partial charge in [0.1, 0.15) is 0 Å². The SMILES string of the molecule is COc1cc(CNC(=O)c2cnn(-c3ccc(Cl)cc3)c2C)ccc1OC(F)F. The van der Waals surface area contributed by atoms with Crippen LogP contribution in [0, 0.1) is 6.92 Å². The van der Waals surface area contributed by atoms with E-state index >= 15 is 0 Å². The molecule has 0 fully saturated rings. The molecule has 1 heterocycles. The van der Waals surface area contributed by atoms with Crippen molar-refractivity contribution in [3.05, 3.63) is 70.5 Å². The van der Waals surface area contributed by atoms with Gasteiger partial charge in [0.2, 0.25) is 0 Å². The number of hydrogen-bond donors (Lipinski definition) is 1. The third kappa shape index (κ3) is 4.83. The Kier molecular flexibility index (Phi) is 6.33. The Hall–Kier alpha value is -3.13. The molecule has 9 heteroatoms. The minimum absolute atomic E-state index is 0.0716. The molecule has 1 aromatic heterocycles. The normalized spacial score (nSPS) is 10.8. The van der Waals surface area contributed by atoms with Gasteiger partial charge in [-0.1, -0.05) is 17.7 Å². The van der Waals surface area contributed by atoms with Gasteiger partial charge in [0.05, 0.1) is 30.3 Å². The summed E-state index contributed by atoms with van der Waals surface area (Å²) < 4.78 is 35.9. The van der Waals surface area contributed by atoms with Crippen molar-refractivity contribution in [3.63, 3.8) is 0 Å². The molecule has 0 spiro atoms. The third-order valence-corrected chi connectivity index (χ3v) is 4.47. The number of nitrogens with zero attached hydrogens (tertiary/aromatic N) is 2. The number of benzene rings is 2. The molecule has 0 saturated carbocycles. The summed E-state index contributed by atoms with van der Waals surface area (Å²) in [6.45, 7) is -0.985. The maximum absolute atomic E-state index is 12.6. The van der Waals surface area contributed by atoms with E-state index in [2.05, 4.69) is 15.2 Å². The van der Waals surface area contributed by atoms with Gasteiger partial charge in [-0.2, -0.15) is 13.9 Å². The Morgan fingerprint density at radius 3 is 2.59 bits per heavy atom. The second-order valence-electron chi connectivity index (χ2n) is 6.08. The number of methoxy groups -OCH3 is 1. The van der Waals surface area contributed by atoms with E-state index in [0.717, 1.165) is 5.69 Å². The van der Waals surface area contributed by atoms with E-state index in [1.54, 1.807) is 41.9 Å². The van der Waals surface area contributed by atoms with E-state index in [1.807, 2.05) is 0 Å². The second-order valence-corrected chi connectivity index (χ2v) is 6.51. The Balaban J connectivity index is 1.71. The lowest BCUT2D eigenvalue weighted by Crippen LogP contribution is -2.23. The summed E-state index contributed by atoms with van der Waals surface area (Å²) in [5.74, 6) is -0.226. The molecule has 6 nitrogen and oxygen atoms in total. The van der Waals surface area contributed by atoms with Gasteiger partial charge in [-0.15, -0.1) is 0 Å². The van der Waals surface area contributed by atoms with Crippen molar-refractivity contribution in [2.45, 2.75) is 20.1 Å². The van der Waals surface area contributed by atoms with E-state index in [4.69, 9.17) is 16.3 Å². The van der Waals surface area contributed by atoms with Crippen molar-refractivity contribution >= 4 is 17.5 Å². The van der Waals surface area contributed by atoms with Crippen LogP contribution in [0.4, 0.5) is 8.78 Å². The fourth-order valence-corrected chi connectivity index (χ4v) is 2.89. The lowest BCUT2D eigenvalue weighted by atomic mass is 10.2. The van der Waals surface area contributed by atoms with Crippen molar-refractivity contribution < 1.29 is 23.0 Å². The van der Waals surface area contributed by atoms with Gasteiger partial charge in [0.25, 0.3) is 5.91 Å². The Labute approximate surface area is 171 Å². The lowest BCUT2D eigenvalue weighted by Gasteiger charge is -2.12. The van der Waals surface area contributed by atoms with Crippen molar-refractivity contribution in [3.8, 4) is 17.2 Å². The molecule has 29 heavy (non-hydrogen) atoms. The van der Waals surface area contributed by atoms with Crippen molar-refractivity contribution in [2.75, 3.05) is 7.11 Å². The van der Waals surface area contributed by atoms with Crippen LogP contribution in [0.2, 0.25) is 5.02 Å². The number of carbonyl (C=O) groups is 1. The summed E-state index contributed by atoms with van der Waals surface area (Å²) >= 11 is 5.90. The number of ether oxygens (including phenoxy) is 2. The fourth-order valence-electron chi connectivity index (χ4n) is 2.77. The molecule has 3 rings (SSSR count). The predicted molar refractivity (Wildman–Crippen MR) is 104 cm³/mol. The van der Waals surface area contributed by atoms with Crippen LogP contribution in [0.3, 0.4) is 0 Å². The summed E-state index contributed by atoms with van der Waals surface area (Å²) in [5.41, 5.74) is 2.54. The van der Waals surface area contributed by atoms with Gasteiger partial charge in [-0.25, -0.2) is 4.68 Å². The summed E-state index contributed by atoms with van der Waals surface area (Å²) in [6.07, 6.45) is 1.49. The number of amides is 1. The largest absolute Gasteiger partial charge is 0.493 e. The van der Waals surface area contributed by atoms with E-state index in [1.165, 1.54) is 25.4 Å². The molecule has 0 unspecified atom stereocenters. The standard InChI is InChI=1S/C20H18ClF2N3O3/c1-12-16(11-25-26(12)15-6-4-14(21)5-7-15)19(27)24-10-13-3-8-17(29-20(22)23)18(9-13)28-2/h3-9,11,20H,10H2,1-2H3,(H,24,27). The van der Waals surface area contributed by atoms with E-state index < -0.39 is 6.61 Å². The zero-order valence-electron chi connectivity index (χ0n) is 15.7. The molecule has 0 bridgehead atoms. The van der Waals surface area contributed by atoms with Crippen LogP contribution in [0.5, 0.6) is 11.5 Å². The Morgan fingerprint density at radius 1 is 1.21 bits per heavy atom. The molecule has 0 aliphatic heterocycles. The highest BCUT2D eigenvalue weighted by atomic mass is 35.5. The van der Waals surface area contributed by atoms with Crippen molar-refractivity contribution in [2.24, 2.45) is 0 Å². The Bertz CT molecular complexity index is 1010. The molecule has 152 valence electrons. The van der Waals surface area contributed by atoms with Gasteiger partial charge < -0.3 is 14.8 Å². The van der Waals surface area contributed by atoms with Gasteiger partial charge in [-0.3, -0.25) is 4.79 Å². The third-order valence-electron chi connectivity index (χ3n) is 4.22. The van der Waals surface area contributed by atoms with Crippen molar-refractivity contribution in [1.82, 2.24) is 15.1 Å². The van der Waals surface area contributed by atoms with Crippen LogP contribution >= 0.6 is 11.6 Å². The predicted octanol–water partition coefficient (Wildman–Crippen LogP) is 4.37. The van der Waals surface area contributed by atoms with Crippen LogP contribution < -0.4 is 14.8 Å². The summed E-state index contributed by atoms with van der Waals surface area (Å²) in [6, 6.07) is 11.6. The molecule has 2 aromatic carbocycles. The molecule has 3 aromatic rings. The number of hydrogen-bond acceptors (Lipinski definition) is 4. The van der Waals surface area contributed by atoms with Crippen LogP contribution in [0.25, 0.3) is 5.69 Å². The van der Waals surface area contributed by atoms with Crippen LogP contribution in [-0.2, 0) is 6.54 Å². The van der Waals surface area contributed by atoms with Crippen LogP contribution in [0.15, 0.2) is 48.7 Å². The molecule has 0 aliphatic rings. The second kappa shape index (κ2) is 8.91. The molecular weight excluding hydrogens is 404 g/mol. The number of rotatable bonds is 7. The summed E-state index contributed by atoms with van der Waals surface area (Å²) in [5, 5.41) is 7.66. The summed E-state index contributed by atoms with van der Waals surface area (Å²) in [4.78, 5) is 12.6. The maximum Gasteiger partial charge on any atom is 0.387 e. The van der Waals surface area contributed by atoms with Gasteiger partial charge in [0, 0.05) is 11.6 Å². The first-order valence-electron chi connectivity index (χ1n) is 8.59. The van der Waals surface area contributed by atoms with Crippen LogP contribution in [0.1, 0.15) is 21.6 Å². The van der Waals surface area contributed by atoms with E-state index in [9.17, 15) is 13.6 Å². The van der Waals surface area contributed by atoms with Crippen LogP contribution in [-0.4, -0.2) is 29.4 Å². The number of carbonyl (C=O) groups excluding carboxylic acids is 1. The van der Waals surface area contributed by atoms with Gasteiger partial charge >= 0.3 is 6.61 Å². The Morgan fingerprint density at radius 2 is 1.93 bits per heavy atom. The highest BCUT2D eigenvalue weighted by molar-refractivity contribution is 6.30. The maximum atomic E-state index is 12.6. The molecule has 1 N–H and O–H groups in total. The molecule has 0 aliphatic carbocycles. The monoisotopic (exact) mass is 421 g/mol. The lowest BCUT2D eigenvalue weighted by molar-refractivity contribution is -0.0512. The zero-order valence-corrected chi connectivity index (χ0v) is 16.4. The number of nitrogens with one attached hydrogen (secondary N) is 1.